The van der Waals surface area contributed by atoms with Crippen LogP contribution in [0, 0.1) is 20.2 Å². The Labute approximate surface area is 107 Å². The summed E-state index contributed by atoms with van der Waals surface area (Å²) in [5, 5.41) is 31.5. The van der Waals surface area contributed by atoms with Crippen LogP contribution >= 0.6 is 0 Å². The second-order valence-electron chi connectivity index (χ2n) is 3.71. The summed E-state index contributed by atoms with van der Waals surface area (Å²) >= 11 is 0. The summed E-state index contributed by atoms with van der Waals surface area (Å²) in [5.74, 6) is -0.703. The van der Waals surface area contributed by atoms with Crippen LogP contribution in [0.25, 0.3) is 11.1 Å². The standard InChI is InChI=1S/C12H8N2O5/c15-12-9(8-4-2-1-3-5-8)6-7-10(13(16)17)11(12)14(18)19/h1-7,15H. The summed E-state index contributed by atoms with van der Waals surface area (Å²) in [4.78, 5) is 19.7. The molecule has 96 valence electrons. The average Bonchev–Trinajstić information content (AvgIpc) is 2.38. The second kappa shape index (κ2) is 4.73. The van der Waals surface area contributed by atoms with Crippen LogP contribution in [0.4, 0.5) is 11.4 Å². The van der Waals surface area contributed by atoms with Gasteiger partial charge in [-0.25, -0.2) is 0 Å². The Morgan fingerprint density at radius 2 is 1.53 bits per heavy atom. The van der Waals surface area contributed by atoms with Crippen LogP contribution in [0.5, 0.6) is 5.75 Å². The zero-order valence-corrected chi connectivity index (χ0v) is 9.52. The lowest BCUT2D eigenvalue weighted by Crippen LogP contribution is -1.97. The van der Waals surface area contributed by atoms with Gasteiger partial charge in [-0.2, -0.15) is 0 Å². The third-order valence-corrected chi connectivity index (χ3v) is 2.59. The molecule has 0 unspecified atom stereocenters. The maximum atomic E-state index is 10.9. The van der Waals surface area contributed by atoms with Gasteiger partial charge in [0.2, 0.25) is 5.75 Å². The molecule has 0 saturated heterocycles. The molecule has 0 bridgehead atoms. The maximum Gasteiger partial charge on any atom is 0.387 e. The quantitative estimate of drug-likeness (QED) is 0.674. The van der Waals surface area contributed by atoms with Crippen LogP contribution in [0.15, 0.2) is 42.5 Å². The Kier molecular flexibility index (Phi) is 3.11. The molecular formula is C12H8N2O5. The summed E-state index contributed by atoms with van der Waals surface area (Å²) < 4.78 is 0. The van der Waals surface area contributed by atoms with Gasteiger partial charge in [0.1, 0.15) is 0 Å². The molecule has 2 rings (SSSR count). The van der Waals surface area contributed by atoms with E-state index >= 15 is 0 Å². The molecule has 2 aromatic rings. The summed E-state index contributed by atoms with van der Waals surface area (Å²) in [6, 6.07) is 10.7. The van der Waals surface area contributed by atoms with Crippen molar-refractivity contribution in [1.82, 2.24) is 0 Å². The van der Waals surface area contributed by atoms with Crippen LogP contribution in [0.3, 0.4) is 0 Å². The highest BCUT2D eigenvalue weighted by Gasteiger charge is 2.31. The average molecular weight is 260 g/mol. The Balaban J connectivity index is 2.71. The minimum Gasteiger partial charge on any atom is -0.501 e. The second-order valence-corrected chi connectivity index (χ2v) is 3.71. The van der Waals surface area contributed by atoms with E-state index in [0.717, 1.165) is 6.07 Å². The van der Waals surface area contributed by atoms with Gasteiger partial charge in [0, 0.05) is 11.6 Å². The van der Waals surface area contributed by atoms with Crippen molar-refractivity contribution >= 4 is 11.4 Å². The molecule has 0 fully saturated rings. The van der Waals surface area contributed by atoms with Crippen LogP contribution < -0.4 is 0 Å². The first-order valence-corrected chi connectivity index (χ1v) is 5.22. The highest BCUT2D eigenvalue weighted by molar-refractivity contribution is 5.79. The van der Waals surface area contributed by atoms with E-state index in [2.05, 4.69) is 0 Å². The van der Waals surface area contributed by atoms with Crippen molar-refractivity contribution < 1.29 is 15.0 Å². The topological polar surface area (TPSA) is 107 Å². The first-order chi connectivity index (χ1) is 9.02. The largest absolute Gasteiger partial charge is 0.501 e. The number of nitrogens with zero attached hydrogens (tertiary/aromatic N) is 2. The van der Waals surface area contributed by atoms with E-state index in [1.165, 1.54) is 6.07 Å². The number of nitro benzene ring substituents is 2. The van der Waals surface area contributed by atoms with Gasteiger partial charge < -0.3 is 5.11 Å². The van der Waals surface area contributed by atoms with Crippen molar-refractivity contribution in [3.63, 3.8) is 0 Å². The number of rotatable bonds is 3. The lowest BCUT2D eigenvalue weighted by molar-refractivity contribution is -0.423. The van der Waals surface area contributed by atoms with Crippen molar-refractivity contribution in [3.05, 3.63) is 62.7 Å². The van der Waals surface area contributed by atoms with E-state index in [1.807, 2.05) is 0 Å². The maximum absolute atomic E-state index is 10.9. The van der Waals surface area contributed by atoms with Gasteiger partial charge in [0.15, 0.2) is 0 Å². The molecule has 0 atom stereocenters. The van der Waals surface area contributed by atoms with Crippen molar-refractivity contribution in [2.24, 2.45) is 0 Å². The van der Waals surface area contributed by atoms with Crippen molar-refractivity contribution in [3.8, 4) is 16.9 Å². The lowest BCUT2D eigenvalue weighted by Gasteiger charge is -2.05. The Morgan fingerprint density at radius 3 is 2.05 bits per heavy atom. The van der Waals surface area contributed by atoms with E-state index in [-0.39, 0.29) is 5.56 Å². The van der Waals surface area contributed by atoms with Crippen LogP contribution in [0.1, 0.15) is 0 Å². The number of nitro groups is 2. The van der Waals surface area contributed by atoms with Gasteiger partial charge in [0.05, 0.1) is 9.85 Å². The number of aromatic hydroxyl groups is 1. The molecule has 2 aromatic carbocycles. The minimum absolute atomic E-state index is 0.179. The smallest absolute Gasteiger partial charge is 0.387 e. The fourth-order valence-corrected chi connectivity index (χ4v) is 1.75. The molecule has 0 aliphatic carbocycles. The van der Waals surface area contributed by atoms with E-state index in [9.17, 15) is 25.3 Å². The molecule has 19 heavy (non-hydrogen) atoms. The third-order valence-electron chi connectivity index (χ3n) is 2.59. The lowest BCUT2D eigenvalue weighted by atomic mass is 10.0. The summed E-state index contributed by atoms with van der Waals surface area (Å²) in [5.41, 5.74) is -0.913. The molecular weight excluding hydrogens is 252 g/mol. The van der Waals surface area contributed by atoms with Gasteiger partial charge in [-0.05, 0) is 11.6 Å². The highest BCUT2D eigenvalue weighted by atomic mass is 16.6. The van der Waals surface area contributed by atoms with Crippen molar-refractivity contribution in [2.45, 2.75) is 0 Å². The van der Waals surface area contributed by atoms with Crippen LogP contribution in [-0.4, -0.2) is 15.0 Å². The number of hydrogen-bond acceptors (Lipinski definition) is 5. The molecule has 0 saturated carbocycles. The minimum atomic E-state index is -0.958. The van der Waals surface area contributed by atoms with Gasteiger partial charge in [-0.15, -0.1) is 0 Å². The Hall–Kier alpha value is -2.96. The monoisotopic (exact) mass is 260 g/mol. The van der Waals surface area contributed by atoms with E-state index in [1.54, 1.807) is 30.3 Å². The van der Waals surface area contributed by atoms with Crippen molar-refractivity contribution in [1.29, 1.82) is 0 Å². The molecule has 1 N–H and O–H groups in total. The highest BCUT2D eigenvalue weighted by Crippen LogP contribution is 2.42. The predicted octanol–water partition coefficient (Wildman–Crippen LogP) is 2.88. The zero-order chi connectivity index (χ0) is 14.0. The van der Waals surface area contributed by atoms with Crippen LogP contribution in [-0.2, 0) is 0 Å². The van der Waals surface area contributed by atoms with Crippen molar-refractivity contribution in [2.75, 3.05) is 0 Å². The SMILES string of the molecule is O=[N+]([O-])c1ccc(-c2ccccc2)c(O)c1[N+](=O)[O-]. The zero-order valence-electron chi connectivity index (χ0n) is 9.52. The fraction of sp³-hybridized carbons (Fsp3) is 0. The Morgan fingerprint density at radius 1 is 0.895 bits per heavy atom. The molecule has 0 heterocycles. The van der Waals surface area contributed by atoms with Crippen LogP contribution in [0.2, 0.25) is 0 Å². The third kappa shape index (κ3) is 2.21. The molecule has 0 aliphatic rings. The molecule has 7 nitrogen and oxygen atoms in total. The van der Waals surface area contributed by atoms with E-state index < -0.39 is 27.0 Å². The number of hydrogen-bond donors (Lipinski definition) is 1. The molecule has 0 spiro atoms. The fourth-order valence-electron chi connectivity index (χ4n) is 1.75. The number of benzene rings is 2. The number of phenols is 1. The molecule has 0 amide bonds. The summed E-state index contributed by atoms with van der Waals surface area (Å²) in [6.07, 6.45) is 0. The number of phenolic OH excluding ortho intramolecular Hbond substituents is 1. The summed E-state index contributed by atoms with van der Waals surface area (Å²) in [6.45, 7) is 0. The van der Waals surface area contributed by atoms with Gasteiger partial charge in [-0.1, -0.05) is 30.3 Å². The molecule has 0 radical (unpaired) electrons. The molecule has 0 aliphatic heterocycles. The summed E-state index contributed by atoms with van der Waals surface area (Å²) in [7, 11) is 0. The first-order valence-electron chi connectivity index (χ1n) is 5.22. The first kappa shape index (κ1) is 12.5. The Bertz CT molecular complexity index is 655. The normalized spacial score (nSPS) is 10.1. The molecule has 0 aromatic heterocycles. The van der Waals surface area contributed by atoms with E-state index in [0.29, 0.717) is 5.56 Å². The molecule has 7 heteroatoms. The van der Waals surface area contributed by atoms with Gasteiger partial charge >= 0.3 is 11.4 Å². The van der Waals surface area contributed by atoms with Gasteiger partial charge in [-0.3, -0.25) is 20.2 Å². The van der Waals surface area contributed by atoms with E-state index in [4.69, 9.17) is 0 Å². The predicted molar refractivity (Wildman–Crippen MR) is 66.9 cm³/mol. The van der Waals surface area contributed by atoms with Gasteiger partial charge in [0.25, 0.3) is 0 Å².